The van der Waals surface area contributed by atoms with E-state index in [9.17, 15) is 13.2 Å². The van der Waals surface area contributed by atoms with Crippen LogP contribution in [0.25, 0.3) is 0 Å². The minimum atomic E-state index is -4.08. The Kier molecular flexibility index (Phi) is 7.41. The normalized spacial score (nSPS) is 16.4. The van der Waals surface area contributed by atoms with Crippen LogP contribution in [-0.2, 0) is 21.4 Å². The summed E-state index contributed by atoms with van der Waals surface area (Å²) in [5, 5.41) is 0.0572. The average molecular weight is 488 g/mol. The van der Waals surface area contributed by atoms with Crippen LogP contribution in [0, 0.1) is 5.92 Å². The third-order valence-electron chi connectivity index (χ3n) is 5.58. The van der Waals surface area contributed by atoms with E-state index in [4.69, 9.17) is 34.7 Å². The van der Waals surface area contributed by atoms with E-state index in [1.165, 1.54) is 12.1 Å². The molecule has 1 fully saturated rings. The number of nitrogens with two attached hydrogens (primary N) is 2. The largest absolute Gasteiger partial charge is 0.396 e. The van der Waals surface area contributed by atoms with Gasteiger partial charge in [0.1, 0.15) is 11.9 Å². The van der Waals surface area contributed by atoms with Gasteiger partial charge < -0.3 is 20.9 Å². The molecular weight excluding hydrogens is 461 g/mol. The standard InChI is InChI=1S/C20H27Cl2N5O3S/c1-13-4-8-27(9-5-13)20(28)17(6-10-26-7-2-3-18(26)23)25-31(29,30)14-11-15(21)19(24)16(22)12-14/h2-3,7,11-13,17,25H,4-6,8-10,23-24H2,1H3. The molecule has 1 aliphatic heterocycles. The van der Waals surface area contributed by atoms with Gasteiger partial charge >= 0.3 is 0 Å². The molecule has 8 nitrogen and oxygen atoms in total. The van der Waals surface area contributed by atoms with E-state index in [1.54, 1.807) is 27.8 Å². The molecule has 11 heteroatoms. The summed E-state index contributed by atoms with van der Waals surface area (Å²) in [5.41, 5.74) is 11.7. The summed E-state index contributed by atoms with van der Waals surface area (Å²) < 4.78 is 30.4. The molecule has 1 aromatic carbocycles. The van der Waals surface area contributed by atoms with Gasteiger partial charge in [-0.05, 0) is 49.4 Å². The van der Waals surface area contributed by atoms with E-state index < -0.39 is 16.1 Å². The summed E-state index contributed by atoms with van der Waals surface area (Å²) >= 11 is 12.0. The fourth-order valence-corrected chi connectivity index (χ4v) is 5.44. The highest BCUT2D eigenvalue weighted by Gasteiger charge is 2.31. The smallest absolute Gasteiger partial charge is 0.241 e. The lowest BCUT2D eigenvalue weighted by Gasteiger charge is -2.33. The number of halogens is 2. The van der Waals surface area contributed by atoms with Gasteiger partial charge in [0.25, 0.3) is 0 Å². The summed E-state index contributed by atoms with van der Waals surface area (Å²) in [6.07, 6.45) is 3.80. The lowest BCUT2D eigenvalue weighted by molar-refractivity contribution is -0.134. The maximum atomic E-state index is 13.2. The number of hydrogen-bond acceptors (Lipinski definition) is 5. The van der Waals surface area contributed by atoms with Crippen LogP contribution < -0.4 is 16.2 Å². The second-order valence-electron chi connectivity index (χ2n) is 7.90. The zero-order chi connectivity index (χ0) is 22.8. The van der Waals surface area contributed by atoms with Crippen molar-refractivity contribution in [3.63, 3.8) is 0 Å². The molecular formula is C20H27Cl2N5O3S. The van der Waals surface area contributed by atoms with Gasteiger partial charge in [-0.3, -0.25) is 4.79 Å². The molecule has 0 saturated carbocycles. The second kappa shape index (κ2) is 9.68. The molecule has 0 radical (unpaired) electrons. The van der Waals surface area contributed by atoms with Crippen molar-refractivity contribution in [1.82, 2.24) is 14.2 Å². The molecule has 1 atom stereocenters. The monoisotopic (exact) mass is 487 g/mol. The van der Waals surface area contributed by atoms with Gasteiger partial charge in [-0.2, -0.15) is 4.72 Å². The third kappa shape index (κ3) is 5.65. The number of carbonyl (C=O) groups excluding carboxylic acids is 1. The first-order valence-corrected chi connectivity index (χ1v) is 12.3. The number of carbonyl (C=O) groups is 1. The molecule has 5 N–H and O–H groups in total. The average Bonchev–Trinajstić information content (AvgIpc) is 3.13. The summed E-state index contributed by atoms with van der Waals surface area (Å²) in [4.78, 5) is 14.8. The number of aryl methyl sites for hydroxylation is 1. The Morgan fingerprint density at radius 1 is 1.23 bits per heavy atom. The molecule has 31 heavy (non-hydrogen) atoms. The van der Waals surface area contributed by atoms with Crippen molar-refractivity contribution in [2.45, 2.75) is 43.7 Å². The number of hydrogen-bond donors (Lipinski definition) is 3. The van der Waals surface area contributed by atoms with Crippen LogP contribution in [0.3, 0.4) is 0 Å². The molecule has 1 saturated heterocycles. The summed E-state index contributed by atoms with van der Waals surface area (Å²) in [5.74, 6) is 0.824. The lowest BCUT2D eigenvalue weighted by Crippen LogP contribution is -2.50. The zero-order valence-corrected chi connectivity index (χ0v) is 19.6. The Labute approximate surface area is 192 Å². The molecule has 0 bridgehead atoms. The number of likely N-dealkylation sites (tertiary alicyclic amines) is 1. The molecule has 3 rings (SSSR count). The van der Waals surface area contributed by atoms with Gasteiger partial charge in [-0.25, -0.2) is 8.42 Å². The molecule has 1 amide bonds. The first-order valence-electron chi connectivity index (χ1n) is 10.0. The molecule has 170 valence electrons. The lowest BCUT2D eigenvalue weighted by atomic mass is 9.98. The third-order valence-corrected chi connectivity index (χ3v) is 7.65. The highest BCUT2D eigenvalue weighted by molar-refractivity contribution is 7.89. The number of piperidine rings is 1. The summed E-state index contributed by atoms with van der Waals surface area (Å²) in [6.45, 7) is 3.73. The van der Waals surface area contributed by atoms with Crippen LogP contribution >= 0.6 is 23.2 Å². The Hall–Kier alpha value is -1.94. The van der Waals surface area contributed by atoms with Gasteiger partial charge in [-0.15, -0.1) is 0 Å². The van der Waals surface area contributed by atoms with Crippen LogP contribution in [0.5, 0.6) is 0 Å². The van der Waals surface area contributed by atoms with Crippen molar-refractivity contribution in [1.29, 1.82) is 0 Å². The van der Waals surface area contributed by atoms with E-state index in [2.05, 4.69) is 11.6 Å². The maximum absolute atomic E-state index is 13.2. The summed E-state index contributed by atoms with van der Waals surface area (Å²) in [7, 11) is -4.08. The van der Waals surface area contributed by atoms with Gasteiger partial charge in [0.2, 0.25) is 15.9 Å². The second-order valence-corrected chi connectivity index (χ2v) is 10.4. The SMILES string of the molecule is CC1CCN(C(=O)C(CCn2cccc2N)NS(=O)(=O)c2cc(Cl)c(N)c(Cl)c2)CC1. The minimum Gasteiger partial charge on any atom is -0.396 e. The fraction of sp³-hybridized carbons (Fsp3) is 0.450. The first kappa shape index (κ1) is 23.7. The number of nitrogens with zero attached hydrogens (tertiary/aromatic N) is 2. The highest BCUT2D eigenvalue weighted by atomic mass is 35.5. The van der Waals surface area contributed by atoms with Crippen molar-refractivity contribution >= 4 is 50.6 Å². The predicted molar refractivity (Wildman–Crippen MR) is 123 cm³/mol. The molecule has 0 spiro atoms. The Bertz CT molecular complexity index is 1030. The first-order chi connectivity index (χ1) is 14.6. The van der Waals surface area contributed by atoms with Crippen LogP contribution in [0.4, 0.5) is 11.5 Å². The van der Waals surface area contributed by atoms with Gasteiger partial charge in [0.15, 0.2) is 0 Å². The van der Waals surface area contributed by atoms with E-state index in [1.807, 2.05) is 0 Å². The summed E-state index contributed by atoms with van der Waals surface area (Å²) in [6, 6.07) is 5.01. The number of anilines is 2. The minimum absolute atomic E-state index is 0.0286. The Balaban J connectivity index is 1.84. The Morgan fingerprint density at radius 3 is 2.39 bits per heavy atom. The van der Waals surface area contributed by atoms with E-state index >= 15 is 0 Å². The fourth-order valence-electron chi connectivity index (χ4n) is 3.55. The van der Waals surface area contributed by atoms with Crippen molar-refractivity contribution in [3.8, 4) is 0 Å². The Morgan fingerprint density at radius 2 is 1.84 bits per heavy atom. The predicted octanol–water partition coefficient (Wildman–Crippen LogP) is 2.96. The van der Waals surface area contributed by atoms with Crippen LogP contribution in [0.2, 0.25) is 10.0 Å². The molecule has 1 aliphatic rings. The van der Waals surface area contributed by atoms with Crippen LogP contribution in [0.1, 0.15) is 26.2 Å². The topological polar surface area (TPSA) is 123 Å². The maximum Gasteiger partial charge on any atom is 0.241 e. The number of nitrogen functional groups attached to an aromatic ring is 2. The number of aromatic nitrogens is 1. The number of sulfonamides is 1. The van der Waals surface area contributed by atoms with Crippen molar-refractivity contribution < 1.29 is 13.2 Å². The molecule has 0 aliphatic carbocycles. The van der Waals surface area contributed by atoms with E-state index in [-0.39, 0.29) is 33.0 Å². The quantitative estimate of drug-likeness (QED) is 0.517. The van der Waals surface area contributed by atoms with Crippen molar-refractivity contribution in [2.75, 3.05) is 24.6 Å². The van der Waals surface area contributed by atoms with E-state index in [0.29, 0.717) is 31.4 Å². The van der Waals surface area contributed by atoms with Crippen molar-refractivity contribution in [2.24, 2.45) is 5.92 Å². The van der Waals surface area contributed by atoms with Gasteiger partial charge in [0.05, 0.1) is 20.6 Å². The number of rotatable bonds is 7. The highest BCUT2D eigenvalue weighted by Crippen LogP contribution is 2.31. The number of nitrogens with one attached hydrogen (secondary N) is 1. The van der Waals surface area contributed by atoms with Gasteiger partial charge in [-0.1, -0.05) is 30.1 Å². The van der Waals surface area contributed by atoms with Crippen molar-refractivity contribution in [3.05, 3.63) is 40.5 Å². The van der Waals surface area contributed by atoms with Gasteiger partial charge in [0, 0.05) is 25.8 Å². The van der Waals surface area contributed by atoms with E-state index in [0.717, 1.165) is 12.8 Å². The van der Waals surface area contributed by atoms with Crippen LogP contribution in [-0.4, -0.2) is 42.9 Å². The molecule has 2 heterocycles. The molecule has 1 aromatic heterocycles. The number of benzene rings is 1. The molecule has 2 aromatic rings. The number of amides is 1. The zero-order valence-electron chi connectivity index (χ0n) is 17.2. The van der Waals surface area contributed by atoms with Crippen LogP contribution in [0.15, 0.2) is 35.4 Å². The molecule has 1 unspecified atom stereocenters.